The molecule has 2 nitrogen and oxygen atoms in total. The normalized spacial score (nSPS) is 12.5. The van der Waals surface area contributed by atoms with E-state index < -0.39 is 60.9 Å². The van der Waals surface area contributed by atoms with Gasteiger partial charge in [0.15, 0.2) is 33.1 Å². The summed E-state index contributed by atoms with van der Waals surface area (Å²) >= 11 is 0. The van der Waals surface area contributed by atoms with Crippen molar-refractivity contribution in [1.82, 2.24) is 0 Å². The highest BCUT2D eigenvalue weighted by Gasteiger charge is 2.42. The fourth-order valence-electron chi connectivity index (χ4n) is 2.11. The van der Waals surface area contributed by atoms with Crippen molar-refractivity contribution in [2.24, 2.45) is 0 Å². The molecule has 10 heteroatoms. The van der Waals surface area contributed by atoms with Crippen molar-refractivity contribution in [3.05, 3.63) is 53.1 Å². The van der Waals surface area contributed by atoms with Gasteiger partial charge in [0, 0.05) is 11.8 Å². The molecule has 130 valence electrons. The van der Waals surface area contributed by atoms with Gasteiger partial charge in [0.1, 0.15) is 5.56 Å². The van der Waals surface area contributed by atoms with Crippen LogP contribution >= 0.6 is 0 Å². The van der Waals surface area contributed by atoms with Crippen LogP contribution in [0.15, 0.2) is 29.2 Å². The lowest BCUT2D eigenvalue weighted by Gasteiger charge is -2.15. The Kier molecular flexibility index (Phi) is 4.38. The summed E-state index contributed by atoms with van der Waals surface area (Å²) in [6, 6.07) is 4.00. The van der Waals surface area contributed by atoms with Gasteiger partial charge < -0.3 is 0 Å². The van der Waals surface area contributed by atoms with Crippen molar-refractivity contribution in [3.8, 4) is 11.1 Å². The molecular weight excluding hydrogens is 365 g/mol. The molecule has 0 N–H and O–H groups in total. The van der Waals surface area contributed by atoms with Gasteiger partial charge in [-0.3, -0.25) is 0 Å². The molecule has 0 saturated carbocycles. The van der Waals surface area contributed by atoms with Crippen molar-refractivity contribution >= 4 is 9.84 Å². The lowest BCUT2D eigenvalue weighted by molar-refractivity contribution is -0.143. The maximum Gasteiger partial charge on any atom is 0.422 e. The van der Waals surface area contributed by atoms with Crippen molar-refractivity contribution in [3.63, 3.8) is 0 Å². The fraction of sp³-hybridized carbons (Fsp3) is 0.143. The van der Waals surface area contributed by atoms with Crippen LogP contribution in [-0.2, 0) is 16.0 Å². The van der Waals surface area contributed by atoms with Gasteiger partial charge in [0.05, 0.1) is 10.5 Å². The van der Waals surface area contributed by atoms with Crippen LogP contribution < -0.4 is 0 Å². The number of hydrogen-bond donors (Lipinski definition) is 0. The quantitative estimate of drug-likeness (QED) is 0.581. The van der Waals surface area contributed by atoms with Crippen molar-refractivity contribution in [1.29, 1.82) is 0 Å². The Morgan fingerprint density at radius 3 is 1.71 bits per heavy atom. The first-order valence-electron chi connectivity index (χ1n) is 6.10. The van der Waals surface area contributed by atoms with Gasteiger partial charge in [0.2, 0.25) is 0 Å². The van der Waals surface area contributed by atoms with Crippen molar-refractivity contribution in [2.45, 2.75) is 11.1 Å². The first kappa shape index (κ1) is 18.2. The standard InChI is InChI=1S/C14H7F7O2S/c1-24(22,23)7-5-3-2-4-6(7)8-10(15)12(17)9(14(19,20)21)13(18)11(8)16/h2-5H,1H3. The fourth-order valence-corrected chi connectivity index (χ4v) is 3.01. The van der Waals surface area contributed by atoms with Crippen LogP contribution in [-0.4, -0.2) is 14.7 Å². The molecule has 24 heavy (non-hydrogen) atoms. The summed E-state index contributed by atoms with van der Waals surface area (Å²) in [5.74, 6) is -9.98. The summed E-state index contributed by atoms with van der Waals surface area (Å²) in [7, 11) is -4.08. The monoisotopic (exact) mass is 372 g/mol. The van der Waals surface area contributed by atoms with Gasteiger partial charge >= 0.3 is 6.18 Å². The van der Waals surface area contributed by atoms with E-state index >= 15 is 0 Å². The van der Waals surface area contributed by atoms with E-state index in [1.807, 2.05) is 0 Å². The second-order valence-corrected chi connectivity index (χ2v) is 6.76. The number of sulfone groups is 1. The first-order chi connectivity index (χ1) is 10.9. The Morgan fingerprint density at radius 2 is 1.29 bits per heavy atom. The molecule has 0 saturated heterocycles. The maximum atomic E-state index is 14.0. The summed E-state index contributed by atoms with van der Waals surface area (Å²) in [5, 5.41) is 0. The Hall–Kier alpha value is -2.10. The van der Waals surface area contributed by atoms with Crippen LogP contribution in [0.2, 0.25) is 0 Å². The third kappa shape index (κ3) is 2.97. The predicted octanol–water partition coefficient (Wildman–Crippen LogP) is 4.33. The number of benzene rings is 2. The predicted molar refractivity (Wildman–Crippen MR) is 69.8 cm³/mol. The van der Waals surface area contributed by atoms with Crippen molar-refractivity contribution in [2.75, 3.05) is 6.26 Å². The van der Waals surface area contributed by atoms with Crippen LogP contribution in [0.3, 0.4) is 0 Å². The minimum Gasteiger partial charge on any atom is -0.224 e. The van der Waals surface area contributed by atoms with Crippen molar-refractivity contribution < 1.29 is 39.2 Å². The molecule has 0 unspecified atom stereocenters. The van der Waals surface area contributed by atoms with Gasteiger partial charge in [-0.25, -0.2) is 26.0 Å². The van der Waals surface area contributed by atoms with E-state index in [4.69, 9.17) is 0 Å². The molecule has 2 aromatic rings. The zero-order chi connectivity index (χ0) is 18.4. The van der Waals surface area contributed by atoms with E-state index in [2.05, 4.69) is 0 Å². The average Bonchev–Trinajstić information content (AvgIpc) is 2.43. The molecule has 0 amide bonds. The van der Waals surface area contributed by atoms with Gasteiger partial charge in [0.25, 0.3) is 0 Å². The van der Waals surface area contributed by atoms with Gasteiger partial charge in [-0.1, -0.05) is 18.2 Å². The third-order valence-electron chi connectivity index (χ3n) is 3.10. The zero-order valence-corrected chi connectivity index (χ0v) is 12.5. The summed E-state index contributed by atoms with van der Waals surface area (Å²) < 4.78 is 116. The zero-order valence-electron chi connectivity index (χ0n) is 11.7. The SMILES string of the molecule is CS(=O)(=O)c1ccccc1-c1c(F)c(F)c(C(F)(F)F)c(F)c1F. The van der Waals surface area contributed by atoms with Crippen LogP contribution in [0.1, 0.15) is 5.56 Å². The molecule has 2 aromatic carbocycles. The van der Waals surface area contributed by atoms with E-state index in [1.54, 1.807) is 0 Å². The number of alkyl halides is 3. The second kappa shape index (κ2) is 5.76. The van der Waals surface area contributed by atoms with Gasteiger partial charge in [-0.15, -0.1) is 0 Å². The minimum atomic E-state index is -5.68. The highest BCUT2D eigenvalue weighted by atomic mass is 32.2. The van der Waals surface area contributed by atoms with Crippen LogP contribution in [0.5, 0.6) is 0 Å². The van der Waals surface area contributed by atoms with Crippen LogP contribution in [0, 0.1) is 23.3 Å². The minimum absolute atomic E-state index is 0.665. The topological polar surface area (TPSA) is 34.1 Å². The number of halogens is 7. The molecule has 0 heterocycles. The molecule has 2 rings (SSSR count). The largest absolute Gasteiger partial charge is 0.422 e. The smallest absolute Gasteiger partial charge is 0.224 e. The lowest BCUT2D eigenvalue weighted by Crippen LogP contribution is -2.16. The molecule has 0 spiro atoms. The number of rotatable bonds is 2. The summed E-state index contributed by atoms with van der Waals surface area (Å²) in [6.07, 6.45) is -5.01. The van der Waals surface area contributed by atoms with E-state index in [0.717, 1.165) is 18.2 Å². The summed E-state index contributed by atoms with van der Waals surface area (Å²) in [6.45, 7) is 0. The van der Waals surface area contributed by atoms with E-state index in [9.17, 15) is 39.2 Å². The Balaban J connectivity index is 2.95. The second-order valence-electron chi connectivity index (χ2n) is 4.77. The molecule has 0 aromatic heterocycles. The van der Waals surface area contributed by atoms with E-state index in [-0.39, 0.29) is 0 Å². The maximum absolute atomic E-state index is 14.0. The highest BCUT2D eigenvalue weighted by Crippen LogP contribution is 2.41. The average molecular weight is 372 g/mol. The molecule has 0 fully saturated rings. The number of hydrogen-bond acceptors (Lipinski definition) is 2. The molecule has 0 aliphatic carbocycles. The highest BCUT2D eigenvalue weighted by molar-refractivity contribution is 7.90. The molecule has 0 aliphatic heterocycles. The Morgan fingerprint density at radius 1 is 0.833 bits per heavy atom. The summed E-state index contributed by atoms with van der Waals surface area (Å²) in [4.78, 5) is -0.693. The van der Waals surface area contributed by atoms with Crippen LogP contribution in [0.4, 0.5) is 30.7 Å². The first-order valence-corrected chi connectivity index (χ1v) is 7.99. The Labute approximate surface area is 131 Å². The molecular formula is C14H7F7O2S. The van der Waals surface area contributed by atoms with E-state index in [0.29, 0.717) is 6.26 Å². The van der Waals surface area contributed by atoms with Gasteiger partial charge in [-0.2, -0.15) is 13.2 Å². The van der Waals surface area contributed by atoms with E-state index in [1.165, 1.54) is 6.07 Å². The summed E-state index contributed by atoms with van der Waals surface area (Å²) in [5.41, 5.74) is -5.04. The van der Waals surface area contributed by atoms with Crippen LogP contribution in [0.25, 0.3) is 11.1 Å². The lowest BCUT2D eigenvalue weighted by atomic mass is 10.0. The molecule has 0 atom stereocenters. The Bertz CT molecular complexity index is 888. The third-order valence-corrected chi connectivity index (χ3v) is 4.26. The molecule has 0 bridgehead atoms. The van der Waals surface area contributed by atoms with Gasteiger partial charge in [-0.05, 0) is 6.07 Å². The molecule has 0 aliphatic rings. The molecule has 0 radical (unpaired) electrons.